The van der Waals surface area contributed by atoms with E-state index in [1.54, 1.807) is 19.1 Å². The molecule has 0 radical (unpaired) electrons. The molecule has 0 amide bonds. The van der Waals surface area contributed by atoms with E-state index in [4.69, 9.17) is 0 Å². The summed E-state index contributed by atoms with van der Waals surface area (Å²) in [6.07, 6.45) is -0.755. The Kier molecular flexibility index (Phi) is 3.92. The highest BCUT2D eigenvalue weighted by molar-refractivity contribution is 9.10. The van der Waals surface area contributed by atoms with Gasteiger partial charge in [-0.15, -0.1) is 0 Å². The van der Waals surface area contributed by atoms with Crippen LogP contribution in [0.25, 0.3) is 5.69 Å². The van der Waals surface area contributed by atoms with Gasteiger partial charge in [0.25, 0.3) is 5.69 Å². The van der Waals surface area contributed by atoms with E-state index < -0.39 is 11.0 Å². The molecule has 0 spiro atoms. The zero-order chi connectivity index (χ0) is 15.0. The topological polar surface area (TPSA) is 81.2 Å². The van der Waals surface area contributed by atoms with Gasteiger partial charge in [0.1, 0.15) is 5.69 Å². The highest BCUT2D eigenvalue weighted by atomic mass is 79.9. The minimum atomic E-state index is -0.755. The number of aliphatic hydroxyl groups is 1. The third-order valence-electron chi connectivity index (χ3n) is 3.11. The number of aliphatic hydroxyl groups excluding tert-OH is 1. The Balaban J connectivity index is 2.67. The van der Waals surface area contributed by atoms with Crippen LogP contribution in [0.15, 0.2) is 22.7 Å². The molecule has 2 aromatic rings. The molecule has 0 saturated carbocycles. The highest BCUT2D eigenvalue weighted by Gasteiger charge is 2.21. The molecule has 20 heavy (non-hydrogen) atoms. The zero-order valence-electron chi connectivity index (χ0n) is 11.3. The molecule has 0 aliphatic carbocycles. The lowest BCUT2D eigenvalue weighted by Crippen LogP contribution is -2.05. The van der Waals surface area contributed by atoms with Gasteiger partial charge >= 0.3 is 0 Å². The lowest BCUT2D eigenvalue weighted by Gasteiger charge is -2.09. The van der Waals surface area contributed by atoms with Gasteiger partial charge in [-0.3, -0.25) is 10.1 Å². The summed E-state index contributed by atoms with van der Waals surface area (Å²) in [7, 11) is 0. The Labute approximate surface area is 124 Å². The highest BCUT2D eigenvalue weighted by Crippen LogP contribution is 2.30. The van der Waals surface area contributed by atoms with Gasteiger partial charge in [0, 0.05) is 6.07 Å². The van der Waals surface area contributed by atoms with Crippen molar-refractivity contribution in [1.29, 1.82) is 0 Å². The van der Waals surface area contributed by atoms with Crippen LogP contribution in [0, 0.1) is 24.0 Å². The van der Waals surface area contributed by atoms with Crippen molar-refractivity contribution in [1.82, 2.24) is 9.78 Å². The Bertz CT molecular complexity index is 680. The molecule has 1 atom stereocenters. The van der Waals surface area contributed by atoms with Crippen LogP contribution in [-0.4, -0.2) is 19.8 Å². The summed E-state index contributed by atoms with van der Waals surface area (Å²) in [6, 6.07) is 4.65. The molecule has 0 saturated heterocycles. The molecule has 6 nitrogen and oxygen atoms in total. The third kappa shape index (κ3) is 2.46. The lowest BCUT2D eigenvalue weighted by molar-refractivity contribution is -0.384. The van der Waals surface area contributed by atoms with Crippen LogP contribution in [0.5, 0.6) is 0 Å². The zero-order valence-corrected chi connectivity index (χ0v) is 12.9. The molecule has 0 aliphatic rings. The van der Waals surface area contributed by atoms with Crippen molar-refractivity contribution >= 4 is 21.6 Å². The van der Waals surface area contributed by atoms with Gasteiger partial charge in [-0.2, -0.15) is 5.10 Å². The fraction of sp³-hybridized carbons (Fsp3) is 0.308. The predicted molar refractivity (Wildman–Crippen MR) is 78.0 cm³/mol. The Morgan fingerprint density at radius 3 is 2.55 bits per heavy atom. The fourth-order valence-electron chi connectivity index (χ4n) is 1.98. The maximum Gasteiger partial charge on any atom is 0.295 e. The number of hydrogen-bond acceptors (Lipinski definition) is 4. The van der Waals surface area contributed by atoms with Gasteiger partial charge in [0.2, 0.25) is 0 Å². The SMILES string of the molecule is Cc1nn(-c2ccc(C(C)O)cc2[N+](=O)[O-])c(C)c1Br. The van der Waals surface area contributed by atoms with E-state index in [9.17, 15) is 15.2 Å². The second-order valence-corrected chi connectivity index (χ2v) is 5.37. The van der Waals surface area contributed by atoms with Gasteiger partial charge in [-0.05, 0) is 48.3 Å². The molecule has 1 N–H and O–H groups in total. The summed E-state index contributed by atoms with van der Waals surface area (Å²) in [6.45, 7) is 5.22. The van der Waals surface area contributed by atoms with Crippen molar-refractivity contribution in [2.45, 2.75) is 26.9 Å². The first kappa shape index (κ1) is 14.7. The Morgan fingerprint density at radius 2 is 2.10 bits per heavy atom. The van der Waals surface area contributed by atoms with Crippen LogP contribution in [0.3, 0.4) is 0 Å². The van der Waals surface area contributed by atoms with Crippen LogP contribution in [0.4, 0.5) is 5.69 Å². The van der Waals surface area contributed by atoms with Crippen LogP contribution >= 0.6 is 15.9 Å². The largest absolute Gasteiger partial charge is 0.389 e. The average molecular weight is 340 g/mol. The fourth-order valence-corrected chi connectivity index (χ4v) is 2.23. The normalized spacial score (nSPS) is 12.4. The molecule has 1 unspecified atom stereocenters. The molecule has 0 bridgehead atoms. The monoisotopic (exact) mass is 339 g/mol. The van der Waals surface area contributed by atoms with Crippen LogP contribution in [0.2, 0.25) is 0 Å². The van der Waals surface area contributed by atoms with E-state index in [1.165, 1.54) is 10.7 Å². The molecular weight excluding hydrogens is 326 g/mol. The number of aryl methyl sites for hydroxylation is 1. The number of benzene rings is 1. The molecule has 0 aliphatic heterocycles. The number of aromatic nitrogens is 2. The van der Waals surface area contributed by atoms with E-state index in [-0.39, 0.29) is 5.69 Å². The number of nitro groups is 1. The van der Waals surface area contributed by atoms with Crippen molar-refractivity contribution < 1.29 is 10.0 Å². The maximum atomic E-state index is 11.2. The number of hydrogen-bond donors (Lipinski definition) is 1. The molecule has 0 fully saturated rings. The van der Waals surface area contributed by atoms with Crippen molar-refractivity contribution in [2.75, 3.05) is 0 Å². The van der Waals surface area contributed by atoms with Crippen molar-refractivity contribution in [3.63, 3.8) is 0 Å². The minimum absolute atomic E-state index is 0.0819. The number of nitrogens with zero attached hydrogens (tertiary/aromatic N) is 3. The van der Waals surface area contributed by atoms with Gasteiger partial charge < -0.3 is 5.11 Å². The van der Waals surface area contributed by atoms with Gasteiger partial charge in [-0.25, -0.2) is 4.68 Å². The average Bonchev–Trinajstić information content (AvgIpc) is 2.65. The lowest BCUT2D eigenvalue weighted by atomic mass is 10.1. The predicted octanol–water partition coefficient (Wildman–Crippen LogP) is 3.21. The van der Waals surface area contributed by atoms with E-state index >= 15 is 0 Å². The van der Waals surface area contributed by atoms with Gasteiger partial charge in [-0.1, -0.05) is 6.07 Å². The van der Waals surface area contributed by atoms with Crippen molar-refractivity contribution in [3.05, 3.63) is 49.7 Å². The molecule has 1 aromatic heterocycles. The first-order valence-electron chi connectivity index (χ1n) is 6.01. The van der Waals surface area contributed by atoms with E-state index in [0.29, 0.717) is 11.3 Å². The van der Waals surface area contributed by atoms with E-state index in [2.05, 4.69) is 21.0 Å². The number of rotatable bonds is 3. The first-order valence-corrected chi connectivity index (χ1v) is 6.80. The van der Waals surface area contributed by atoms with Crippen molar-refractivity contribution in [2.24, 2.45) is 0 Å². The second-order valence-electron chi connectivity index (χ2n) is 4.58. The summed E-state index contributed by atoms with van der Waals surface area (Å²) in [5.41, 5.74) is 2.35. The summed E-state index contributed by atoms with van der Waals surface area (Å²) in [5, 5.41) is 25.1. The third-order valence-corrected chi connectivity index (χ3v) is 4.26. The van der Waals surface area contributed by atoms with Crippen LogP contribution in [-0.2, 0) is 0 Å². The molecule has 7 heteroatoms. The smallest absolute Gasteiger partial charge is 0.295 e. The number of nitro benzene ring substituents is 1. The number of halogens is 1. The molecule has 2 rings (SSSR count). The summed E-state index contributed by atoms with van der Waals surface area (Å²) < 4.78 is 2.36. The van der Waals surface area contributed by atoms with Crippen LogP contribution < -0.4 is 0 Å². The van der Waals surface area contributed by atoms with Crippen molar-refractivity contribution in [3.8, 4) is 5.69 Å². The van der Waals surface area contributed by atoms with E-state index in [0.717, 1.165) is 15.9 Å². The first-order chi connectivity index (χ1) is 9.32. The van der Waals surface area contributed by atoms with Gasteiger partial charge in [0.05, 0.1) is 26.9 Å². The molecule has 1 aromatic carbocycles. The molecule has 106 valence electrons. The molecule has 1 heterocycles. The summed E-state index contributed by atoms with van der Waals surface area (Å²) in [4.78, 5) is 10.8. The maximum absolute atomic E-state index is 11.2. The minimum Gasteiger partial charge on any atom is -0.389 e. The Hall–Kier alpha value is -1.73. The van der Waals surface area contributed by atoms with Gasteiger partial charge in [0.15, 0.2) is 0 Å². The van der Waals surface area contributed by atoms with Crippen LogP contribution in [0.1, 0.15) is 30.0 Å². The summed E-state index contributed by atoms with van der Waals surface area (Å²) in [5.74, 6) is 0. The second kappa shape index (κ2) is 5.34. The molecular formula is C13H14BrN3O3. The summed E-state index contributed by atoms with van der Waals surface area (Å²) >= 11 is 3.40. The van der Waals surface area contributed by atoms with E-state index in [1.807, 2.05) is 13.8 Å². The standard InChI is InChI=1S/C13H14BrN3O3/c1-7-13(14)8(2)16(15-7)11-5-4-10(9(3)18)6-12(11)17(19)20/h4-6,9,18H,1-3H3. The Morgan fingerprint density at radius 1 is 1.45 bits per heavy atom. The quantitative estimate of drug-likeness (QED) is 0.687.